The van der Waals surface area contributed by atoms with Crippen LogP contribution < -0.4 is 4.90 Å². The van der Waals surface area contributed by atoms with Crippen molar-refractivity contribution in [3.63, 3.8) is 0 Å². The lowest BCUT2D eigenvalue weighted by molar-refractivity contribution is -0.138. The van der Waals surface area contributed by atoms with Crippen LogP contribution in [0.1, 0.15) is 27.0 Å². The Morgan fingerprint density at radius 1 is 1.40 bits per heavy atom. The number of anilines is 1. The van der Waals surface area contributed by atoms with Gasteiger partial charge in [-0.2, -0.15) is 0 Å². The topological polar surface area (TPSA) is 70.5 Å². The van der Waals surface area contributed by atoms with Gasteiger partial charge in [0.2, 0.25) is 0 Å². The average molecular weight is 288 g/mol. The van der Waals surface area contributed by atoms with Crippen molar-refractivity contribution in [2.75, 3.05) is 11.4 Å². The van der Waals surface area contributed by atoms with Gasteiger partial charge in [-0.15, -0.1) is 11.3 Å². The third-order valence-electron chi connectivity index (χ3n) is 3.35. The normalized spacial score (nSPS) is 17.1. The number of aliphatic carboxylic acids is 1. The third kappa shape index (κ3) is 1.98. The van der Waals surface area contributed by atoms with Crippen LogP contribution >= 0.6 is 11.3 Å². The monoisotopic (exact) mass is 288 g/mol. The number of thiazole rings is 1. The highest BCUT2D eigenvalue weighted by Crippen LogP contribution is 2.37. The number of aryl methyl sites for hydroxylation is 1. The summed E-state index contributed by atoms with van der Waals surface area (Å²) in [6, 6.07) is 7.12. The number of carboxylic acids is 1. The average Bonchev–Trinajstić information content (AvgIpc) is 3.02. The van der Waals surface area contributed by atoms with Crippen LogP contribution in [0.3, 0.4) is 0 Å². The van der Waals surface area contributed by atoms with Crippen LogP contribution in [0.4, 0.5) is 5.69 Å². The summed E-state index contributed by atoms with van der Waals surface area (Å²) in [5.41, 5.74) is 1.71. The van der Waals surface area contributed by atoms with Gasteiger partial charge in [0.05, 0.1) is 5.01 Å². The van der Waals surface area contributed by atoms with E-state index >= 15 is 0 Å². The fourth-order valence-electron chi connectivity index (χ4n) is 2.41. The summed E-state index contributed by atoms with van der Waals surface area (Å²) in [4.78, 5) is 29.5. The lowest BCUT2D eigenvalue weighted by Gasteiger charge is -2.15. The van der Waals surface area contributed by atoms with Crippen LogP contribution in [0, 0.1) is 6.92 Å². The van der Waals surface area contributed by atoms with E-state index in [9.17, 15) is 14.7 Å². The van der Waals surface area contributed by atoms with E-state index in [1.165, 1.54) is 16.2 Å². The van der Waals surface area contributed by atoms with Crippen molar-refractivity contribution in [3.8, 4) is 0 Å². The summed E-state index contributed by atoms with van der Waals surface area (Å²) in [7, 11) is 0. The molecule has 1 N–H and O–H groups in total. The standard InChI is InChI=1S/C14H12N2O3S/c1-8-15-11(7-20-8)13(17)16-6-10(14(18)19)9-4-2-3-5-12(9)16/h2-5,7,10H,6H2,1H3,(H,18,19). The Hall–Kier alpha value is -2.21. The SMILES string of the molecule is Cc1nc(C(=O)N2CC(C(=O)O)c3ccccc32)cs1. The Morgan fingerprint density at radius 2 is 2.15 bits per heavy atom. The van der Waals surface area contributed by atoms with Gasteiger partial charge in [-0.25, -0.2) is 4.98 Å². The fraction of sp³-hybridized carbons (Fsp3) is 0.214. The van der Waals surface area contributed by atoms with Crippen LogP contribution in [0.25, 0.3) is 0 Å². The molecule has 1 aromatic heterocycles. The van der Waals surface area contributed by atoms with E-state index in [1.54, 1.807) is 29.6 Å². The zero-order chi connectivity index (χ0) is 14.3. The minimum Gasteiger partial charge on any atom is -0.481 e. The second kappa shape index (κ2) is 4.72. The van der Waals surface area contributed by atoms with Gasteiger partial charge in [-0.1, -0.05) is 18.2 Å². The number of carboxylic acid groups (broad SMARTS) is 1. The number of rotatable bonds is 2. The maximum Gasteiger partial charge on any atom is 0.312 e. The molecule has 1 atom stereocenters. The maximum atomic E-state index is 12.5. The van der Waals surface area contributed by atoms with Gasteiger partial charge >= 0.3 is 5.97 Å². The van der Waals surface area contributed by atoms with Gasteiger partial charge in [0.1, 0.15) is 11.6 Å². The van der Waals surface area contributed by atoms with E-state index in [-0.39, 0.29) is 12.5 Å². The van der Waals surface area contributed by atoms with Crippen LogP contribution in [-0.4, -0.2) is 28.5 Å². The number of aromatic nitrogens is 1. The van der Waals surface area contributed by atoms with Crippen molar-refractivity contribution in [2.45, 2.75) is 12.8 Å². The van der Waals surface area contributed by atoms with Gasteiger partial charge < -0.3 is 10.0 Å². The van der Waals surface area contributed by atoms with Crippen molar-refractivity contribution >= 4 is 28.9 Å². The molecule has 0 fully saturated rings. The van der Waals surface area contributed by atoms with Gasteiger partial charge in [0.25, 0.3) is 5.91 Å². The molecule has 0 saturated carbocycles. The van der Waals surface area contributed by atoms with E-state index in [2.05, 4.69) is 4.98 Å². The van der Waals surface area contributed by atoms with Crippen LogP contribution in [0.2, 0.25) is 0 Å². The summed E-state index contributed by atoms with van der Waals surface area (Å²) in [6.07, 6.45) is 0. The summed E-state index contributed by atoms with van der Waals surface area (Å²) in [5, 5.41) is 11.8. The molecule has 6 heteroatoms. The molecule has 5 nitrogen and oxygen atoms in total. The Labute approximate surface area is 119 Å². The van der Waals surface area contributed by atoms with E-state index in [0.717, 1.165) is 5.01 Å². The number of hydrogen-bond donors (Lipinski definition) is 1. The van der Waals surface area contributed by atoms with Crippen molar-refractivity contribution in [1.29, 1.82) is 0 Å². The fourth-order valence-corrected chi connectivity index (χ4v) is 3.00. The largest absolute Gasteiger partial charge is 0.481 e. The van der Waals surface area contributed by atoms with Gasteiger partial charge in [0.15, 0.2) is 0 Å². The Balaban J connectivity index is 2.00. The molecule has 2 aromatic rings. The molecule has 1 amide bonds. The second-order valence-electron chi connectivity index (χ2n) is 4.62. The molecule has 0 radical (unpaired) electrons. The Kier molecular flexibility index (Phi) is 3.02. The molecule has 1 aliphatic rings. The first kappa shape index (κ1) is 12.8. The molecule has 1 aromatic carbocycles. The quantitative estimate of drug-likeness (QED) is 0.920. The molecule has 0 saturated heterocycles. The molecule has 0 aliphatic carbocycles. The highest BCUT2D eigenvalue weighted by Gasteiger charge is 2.37. The minimum atomic E-state index is -0.915. The number of carbonyl (C=O) groups is 2. The highest BCUT2D eigenvalue weighted by atomic mass is 32.1. The van der Waals surface area contributed by atoms with Gasteiger partial charge in [0, 0.05) is 17.6 Å². The number of benzene rings is 1. The second-order valence-corrected chi connectivity index (χ2v) is 5.68. The highest BCUT2D eigenvalue weighted by molar-refractivity contribution is 7.09. The molecule has 20 heavy (non-hydrogen) atoms. The lowest BCUT2D eigenvalue weighted by Crippen LogP contribution is -2.31. The predicted octanol–water partition coefficient (Wildman–Crippen LogP) is 2.28. The summed E-state index contributed by atoms with van der Waals surface area (Å²) in [6.45, 7) is 1.99. The smallest absolute Gasteiger partial charge is 0.312 e. The van der Waals surface area contributed by atoms with Crippen molar-refractivity contribution in [3.05, 3.63) is 45.9 Å². The van der Waals surface area contributed by atoms with Crippen molar-refractivity contribution < 1.29 is 14.7 Å². The van der Waals surface area contributed by atoms with E-state index in [0.29, 0.717) is 16.9 Å². The van der Waals surface area contributed by atoms with Crippen molar-refractivity contribution in [2.24, 2.45) is 0 Å². The Morgan fingerprint density at radius 3 is 2.80 bits per heavy atom. The van der Waals surface area contributed by atoms with Gasteiger partial charge in [-0.3, -0.25) is 9.59 Å². The maximum absolute atomic E-state index is 12.5. The van der Waals surface area contributed by atoms with E-state index < -0.39 is 11.9 Å². The summed E-state index contributed by atoms with van der Waals surface area (Å²) < 4.78 is 0. The van der Waals surface area contributed by atoms with Crippen LogP contribution in [-0.2, 0) is 4.79 Å². The van der Waals surface area contributed by atoms with Crippen LogP contribution in [0.15, 0.2) is 29.6 Å². The summed E-state index contributed by atoms with van der Waals surface area (Å²) >= 11 is 1.40. The first-order valence-corrected chi connectivity index (χ1v) is 7.01. The molecular weight excluding hydrogens is 276 g/mol. The van der Waals surface area contributed by atoms with E-state index in [4.69, 9.17) is 0 Å². The first-order valence-electron chi connectivity index (χ1n) is 6.13. The number of hydrogen-bond acceptors (Lipinski definition) is 4. The number of carbonyl (C=O) groups excluding carboxylic acids is 1. The van der Waals surface area contributed by atoms with Crippen LogP contribution in [0.5, 0.6) is 0 Å². The predicted molar refractivity (Wildman–Crippen MR) is 75.3 cm³/mol. The van der Waals surface area contributed by atoms with E-state index in [1.807, 2.05) is 6.92 Å². The number of nitrogens with zero attached hydrogens (tertiary/aromatic N) is 2. The zero-order valence-electron chi connectivity index (χ0n) is 10.7. The molecule has 0 bridgehead atoms. The van der Waals surface area contributed by atoms with Gasteiger partial charge in [-0.05, 0) is 18.6 Å². The zero-order valence-corrected chi connectivity index (χ0v) is 11.6. The summed E-state index contributed by atoms with van der Waals surface area (Å²) in [5.74, 6) is -1.83. The number of para-hydroxylation sites is 1. The molecule has 1 aliphatic heterocycles. The molecule has 3 rings (SSSR count). The molecule has 2 heterocycles. The first-order chi connectivity index (χ1) is 9.58. The molecule has 102 valence electrons. The van der Waals surface area contributed by atoms with Crippen molar-refractivity contribution in [1.82, 2.24) is 4.98 Å². The Bertz CT molecular complexity index is 695. The lowest BCUT2D eigenvalue weighted by atomic mass is 10.0. The third-order valence-corrected chi connectivity index (χ3v) is 4.12. The minimum absolute atomic E-state index is 0.157. The molecular formula is C14H12N2O3S. The molecule has 1 unspecified atom stereocenters. The number of amides is 1. The number of fused-ring (bicyclic) bond motifs is 1. The molecule has 0 spiro atoms.